The standard InChI is InChI=1S/C22H19FN4O4/c1-3-26-20(28)18-19(27(22(26)30)17-9-5-8-16(23)11-17)24-13-25(18)12-14-6-4-7-15(10-14)21(29)31-2/h4-11,13H,3,12H2,1-2H3. The van der Waals surface area contributed by atoms with E-state index in [1.54, 1.807) is 41.8 Å². The van der Waals surface area contributed by atoms with Crippen molar-refractivity contribution in [1.29, 1.82) is 0 Å². The predicted octanol–water partition coefficient (Wildman–Crippen LogP) is 2.34. The molecular weight excluding hydrogens is 403 g/mol. The van der Waals surface area contributed by atoms with E-state index in [1.807, 2.05) is 0 Å². The van der Waals surface area contributed by atoms with E-state index in [4.69, 9.17) is 4.74 Å². The van der Waals surface area contributed by atoms with E-state index in [1.165, 1.54) is 36.2 Å². The van der Waals surface area contributed by atoms with Gasteiger partial charge in [-0.05, 0) is 42.8 Å². The molecule has 2 heterocycles. The van der Waals surface area contributed by atoms with Gasteiger partial charge in [0.2, 0.25) is 0 Å². The first-order valence-electron chi connectivity index (χ1n) is 9.58. The minimum atomic E-state index is -0.594. The van der Waals surface area contributed by atoms with Crippen molar-refractivity contribution < 1.29 is 13.9 Å². The Morgan fingerprint density at radius 1 is 1.13 bits per heavy atom. The number of carbonyl (C=O) groups excluding carboxylic acids is 1. The maximum atomic E-state index is 13.8. The maximum Gasteiger partial charge on any atom is 0.337 e. The van der Waals surface area contributed by atoms with Crippen LogP contribution >= 0.6 is 0 Å². The number of hydrogen-bond donors (Lipinski definition) is 0. The summed E-state index contributed by atoms with van der Waals surface area (Å²) < 4.78 is 22.5. The Morgan fingerprint density at radius 3 is 2.61 bits per heavy atom. The number of rotatable bonds is 5. The van der Waals surface area contributed by atoms with Crippen molar-refractivity contribution in [2.75, 3.05) is 7.11 Å². The number of nitrogens with zero attached hydrogens (tertiary/aromatic N) is 4. The number of fused-ring (bicyclic) bond motifs is 1. The second-order valence-corrected chi connectivity index (χ2v) is 6.88. The number of hydrogen-bond acceptors (Lipinski definition) is 5. The Labute approximate surface area is 175 Å². The third-order valence-electron chi connectivity index (χ3n) is 4.98. The molecule has 158 valence electrons. The minimum absolute atomic E-state index is 0.134. The summed E-state index contributed by atoms with van der Waals surface area (Å²) in [7, 11) is 1.30. The molecule has 4 rings (SSSR count). The van der Waals surface area contributed by atoms with Gasteiger partial charge in [0, 0.05) is 13.1 Å². The average molecular weight is 422 g/mol. The number of halogens is 1. The Bertz CT molecular complexity index is 1420. The van der Waals surface area contributed by atoms with Gasteiger partial charge < -0.3 is 9.30 Å². The van der Waals surface area contributed by atoms with Crippen molar-refractivity contribution in [3.8, 4) is 5.69 Å². The van der Waals surface area contributed by atoms with Crippen LogP contribution in [0.3, 0.4) is 0 Å². The Morgan fingerprint density at radius 2 is 1.90 bits per heavy atom. The van der Waals surface area contributed by atoms with Gasteiger partial charge in [-0.2, -0.15) is 0 Å². The zero-order chi connectivity index (χ0) is 22.1. The molecule has 8 nitrogen and oxygen atoms in total. The van der Waals surface area contributed by atoms with Crippen LogP contribution in [-0.4, -0.2) is 31.8 Å². The highest BCUT2D eigenvalue weighted by molar-refractivity contribution is 5.89. The van der Waals surface area contributed by atoms with Gasteiger partial charge >= 0.3 is 11.7 Å². The fourth-order valence-electron chi connectivity index (χ4n) is 3.54. The first-order chi connectivity index (χ1) is 14.9. The first-order valence-corrected chi connectivity index (χ1v) is 9.58. The van der Waals surface area contributed by atoms with Crippen molar-refractivity contribution in [2.45, 2.75) is 20.0 Å². The molecule has 4 aromatic rings. The topological polar surface area (TPSA) is 88.1 Å². The average Bonchev–Trinajstić information content (AvgIpc) is 3.17. The zero-order valence-corrected chi connectivity index (χ0v) is 16.9. The summed E-state index contributed by atoms with van der Waals surface area (Å²) in [6.07, 6.45) is 1.45. The lowest BCUT2D eigenvalue weighted by atomic mass is 10.1. The van der Waals surface area contributed by atoms with Crippen molar-refractivity contribution in [1.82, 2.24) is 18.7 Å². The third-order valence-corrected chi connectivity index (χ3v) is 4.98. The Balaban J connectivity index is 1.92. The number of benzene rings is 2. The number of imidazole rings is 1. The molecule has 0 aliphatic heterocycles. The predicted molar refractivity (Wildman–Crippen MR) is 112 cm³/mol. The molecule has 0 saturated carbocycles. The molecule has 0 aliphatic rings. The monoisotopic (exact) mass is 422 g/mol. The lowest BCUT2D eigenvalue weighted by molar-refractivity contribution is 0.0600. The van der Waals surface area contributed by atoms with Crippen LogP contribution < -0.4 is 11.2 Å². The summed E-state index contributed by atoms with van der Waals surface area (Å²) in [5, 5.41) is 0. The third kappa shape index (κ3) is 3.54. The van der Waals surface area contributed by atoms with Crippen molar-refractivity contribution in [3.05, 3.63) is 92.6 Å². The van der Waals surface area contributed by atoms with Crippen LogP contribution in [-0.2, 0) is 17.8 Å². The highest BCUT2D eigenvalue weighted by Gasteiger charge is 2.19. The van der Waals surface area contributed by atoms with Gasteiger partial charge in [-0.15, -0.1) is 0 Å². The molecule has 31 heavy (non-hydrogen) atoms. The number of carbonyl (C=O) groups is 1. The van der Waals surface area contributed by atoms with E-state index >= 15 is 0 Å². The van der Waals surface area contributed by atoms with Gasteiger partial charge in [-0.1, -0.05) is 18.2 Å². The van der Waals surface area contributed by atoms with Gasteiger partial charge in [0.25, 0.3) is 5.56 Å². The zero-order valence-electron chi connectivity index (χ0n) is 16.9. The Hall–Kier alpha value is -4.01. The van der Waals surface area contributed by atoms with Crippen LogP contribution in [0.25, 0.3) is 16.9 Å². The van der Waals surface area contributed by atoms with Crippen LogP contribution in [0.4, 0.5) is 4.39 Å². The molecule has 0 radical (unpaired) electrons. The van der Waals surface area contributed by atoms with Gasteiger partial charge in [0.1, 0.15) is 5.82 Å². The first kappa shape index (κ1) is 20.3. The second-order valence-electron chi connectivity index (χ2n) is 6.88. The summed E-state index contributed by atoms with van der Waals surface area (Å²) in [5.41, 5.74) is 0.652. The Kier molecular flexibility index (Phi) is 5.24. The lowest BCUT2D eigenvalue weighted by Crippen LogP contribution is -2.39. The smallest absolute Gasteiger partial charge is 0.337 e. The number of aromatic nitrogens is 4. The summed E-state index contributed by atoms with van der Waals surface area (Å²) in [6, 6.07) is 12.4. The fraction of sp³-hybridized carbons (Fsp3) is 0.182. The molecule has 0 amide bonds. The summed E-state index contributed by atoms with van der Waals surface area (Å²) in [5.74, 6) is -0.975. The van der Waals surface area contributed by atoms with Crippen molar-refractivity contribution in [2.24, 2.45) is 0 Å². The molecule has 2 aromatic carbocycles. The molecule has 0 fully saturated rings. The van der Waals surface area contributed by atoms with Crippen LogP contribution in [0.5, 0.6) is 0 Å². The molecular formula is C22H19FN4O4. The molecule has 0 N–H and O–H groups in total. The lowest BCUT2D eigenvalue weighted by Gasteiger charge is -2.12. The fourth-order valence-corrected chi connectivity index (χ4v) is 3.54. The number of esters is 1. The van der Waals surface area contributed by atoms with Crippen molar-refractivity contribution in [3.63, 3.8) is 0 Å². The molecule has 0 saturated heterocycles. The number of methoxy groups -OCH3 is 1. The normalized spacial score (nSPS) is 11.1. The summed E-state index contributed by atoms with van der Waals surface area (Å²) in [4.78, 5) is 42.1. The molecule has 9 heteroatoms. The van der Waals surface area contributed by atoms with E-state index in [2.05, 4.69) is 4.98 Å². The van der Waals surface area contributed by atoms with Crippen molar-refractivity contribution >= 4 is 17.1 Å². The molecule has 0 atom stereocenters. The second kappa shape index (κ2) is 8.02. The highest BCUT2D eigenvalue weighted by Crippen LogP contribution is 2.16. The minimum Gasteiger partial charge on any atom is -0.465 e. The van der Waals surface area contributed by atoms with Crippen LogP contribution in [0.15, 0.2) is 64.4 Å². The van der Waals surface area contributed by atoms with Crippen LogP contribution in [0.1, 0.15) is 22.8 Å². The van der Waals surface area contributed by atoms with E-state index in [-0.39, 0.29) is 29.9 Å². The maximum absolute atomic E-state index is 13.8. The summed E-state index contributed by atoms with van der Waals surface area (Å²) in [6.45, 7) is 2.07. The summed E-state index contributed by atoms with van der Waals surface area (Å²) >= 11 is 0. The van der Waals surface area contributed by atoms with Gasteiger partial charge in [0.15, 0.2) is 11.2 Å². The van der Waals surface area contributed by atoms with Gasteiger partial charge in [-0.3, -0.25) is 9.36 Å². The molecule has 0 aliphatic carbocycles. The molecule has 0 bridgehead atoms. The van der Waals surface area contributed by atoms with Gasteiger partial charge in [-0.25, -0.2) is 23.5 Å². The van der Waals surface area contributed by atoms with Crippen LogP contribution in [0.2, 0.25) is 0 Å². The van der Waals surface area contributed by atoms with E-state index < -0.39 is 23.0 Å². The molecule has 0 unspecified atom stereocenters. The van der Waals surface area contributed by atoms with E-state index in [0.29, 0.717) is 5.56 Å². The molecule has 0 spiro atoms. The van der Waals surface area contributed by atoms with Crippen LogP contribution in [0, 0.1) is 5.82 Å². The number of ether oxygens (including phenoxy) is 1. The SMILES string of the molecule is CCn1c(=O)c2c(ncn2Cc2cccc(C(=O)OC)c2)n(-c2cccc(F)c2)c1=O. The van der Waals surface area contributed by atoms with E-state index in [0.717, 1.165) is 10.1 Å². The quantitative estimate of drug-likeness (QED) is 0.461. The van der Waals surface area contributed by atoms with Gasteiger partial charge in [0.05, 0.1) is 24.7 Å². The molecule has 2 aromatic heterocycles. The highest BCUT2D eigenvalue weighted by atomic mass is 19.1. The largest absolute Gasteiger partial charge is 0.465 e. The van der Waals surface area contributed by atoms with E-state index in [9.17, 15) is 18.8 Å².